The average Bonchev–Trinajstić information content (AvgIpc) is 2.56. The van der Waals surface area contributed by atoms with E-state index in [4.69, 9.17) is 4.74 Å². The van der Waals surface area contributed by atoms with Gasteiger partial charge in [0.25, 0.3) is 5.91 Å². The molecule has 1 rings (SSSR count). The van der Waals surface area contributed by atoms with Crippen molar-refractivity contribution in [2.45, 2.75) is 19.9 Å². The summed E-state index contributed by atoms with van der Waals surface area (Å²) in [6, 6.07) is 6.03. The molecule has 132 valence electrons. The highest BCUT2D eigenvalue weighted by Gasteiger charge is 2.26. The Hall–Kier alpha value is -2.57. The van der Waals surface area contributed by atoms with Crippen molar-refractivity contribution in [3.63, 3.8) is 0 Å². The van der Waals surface area contributed by atoms with Crippen LogP contribution in [0.1, 0.15) is 24.2 Å². The van der Waals surface area contributed by atoms with Gasteiger partial charge in [0.05, 0.1) is 19.2 Å². The van der Waals surface area contributed by atoms with E-state index < -0.39 is 17.9 Å². The first-order chi connectivity index (χ1) is 11.3. The number of nitrogens with one attached hydrogen (secondary N) is 2. The van der Waals surface area contributed by atoms with Gasteiger partial charge in [-0.1, -0.05) is 26.0 Å². The zero-order chi connectivity index (χ0) is 18.3. The van der Waals surface area contributed by atoms with Gasteiger partial charge < -0.3 is 20.3 Å². The third-order valence-corrected chi connectivity index (χ3v) is 3.50. The second-order valence-electron chi connectivity index (χ2n) is 5.90. The van der Waals surface area contributed by atoms with Crippen molar-refractivity contribution in [2.75, 3.05) is 27.7 Å². The first-order valence-corrected chi connectivity index (χ1v) is 7.69. The van der Waals surface area contributed by atoms with Gasteiger partial charge in [0, 0.05) is 14.1 Å². The molecule has 2 N–H and O–H groups in total. The van der Waals surface area contributed by atoms with Crippen LogP contribution in [0.5, 0.6) is 5.75 Å². The minimum Gasteiger partial charge on any atom is -0.496 e. The molecule has 0 aromatic heterocycles. The number of likely N-dealkylation sites (N-methyl/N-ethyl adjacent to an activating group) is 1. The van der Waals surface area contributed by atoms with Crippen LogP contribution in [0.3, 0.4) is 0 Å². The molecule has 0 aliphatic rings. The second-order valence-corrected chi connectivity index (χ2v) is 5.90. The molecule has 0 fully saturated rings. The standard InChI is InChI=1S/C17H25N3O4/c1-11(2)15(17(23)18-10-14(21)20(3)4)19-16(22)12-8-6-7-9-13(12)24-5/h6-9,11,15H,10H2,1-5H3,(H,18,23)(H,19,22)/t15-/m0/s1. The maximum absolute atomic E-state index is 12.4. The van der Waals surface area contributed by atoms with Gasteiger partial charge in [-0.3, -0.25) is 14.4 Å². The molecule has 24 heavy (non-hydrogen) atoms. The monoisotopic (exact) mass is 335 g/mol. The lowest BCUT2D eigenvalue weighted by molar-refractivity contribution is -0.131. The molecule has 3 amide bonds. The summed E-state index contributed by atoms with van der Waals surface area (Å²) in [7, 11) is 4.70. The number of amides is 3. The van der Waals surface area contributed by atoms with Gasteiger partial charge in [-0.25, -0.2) is 0 Å². The summed E-state index contributed by atoms with van der Waals surface area (Å²) < 4.78 is 5.16. The molecule has 0 aliphatic carbocycles. The van der Waals surface area contributed by atoms with Crippen LogP contribution in [0.15, 0.2) is 24.3 Å². The lowest BCUT2D eigenvalue weighted by Gasteiger charge is -2.22. The van der Waals surface area contributed by atoms with E-state index in [0.717, 1.165) is 0 Å². The van der Waals surface area contributed by atoms with Gasteiger partial charge in [-0.05, 0) is 18.1 Å². The third-order valence-electron chi connectivity index (χ3n) is 3.50. The zero-order valence-corrected chi connectivity index (χ0v) is 14.8. The third kappa shape index (κ3) is 5.26. The average molecular weight is 335 g/mol. The number of benzene rings is 1. The first-order valence-electron chi connectivity index (χ1n) is 7.69. The highest BCUT2D eigenvalue weighted by molar-refractivity contribution is 6.00. The van der Waals surface area contributed by atoms with Crippen LogP contribution in [0.4, 0.5) is 0 Å². The first kappa shape index (κ1) is 19.5. The summed E-state index contributed by atoms with van der Waals surface area (Å²) in [6.07, 6.45) is 0. The fourth-order valence-electron chi connectivity index (χ4n) is 2.02. The molecule has 1 aromatic rings. The number of carbonyl (C=O) groups is 3. The quantitative estimate of drug-likeness (QED) is 0.766. The van der Waals surface area contributed by atoms with Crippen LogP contribution >= 0.6 is 0 Å². The Morgan fingerprint density at radius 3 is 2.33 bits per heavy atom. The molecule has 1 atom stereocenters. The Morgan fingerprint density at radius 1 is 1.17 bits per heavy atom. The number of hydrogen-bond acceptors (Lipinski definition) is 4. The predicted molar refractivity (Wildman–Crippen MR) is 90.8 cm³/mol. The molecule has 0 aliphatic heterocycles. The van der Waals surface area contributed by atoms with E-state index >= 15 is 0 Å². The van der Waals surface area contributed by atoms with Gasteiger partial charge in [-0.15, -0.1) is 0 Å². The van der Waals surface area contributed by atoms with Gasteiger partial charge in [0.1, 0.15) is 11.8 Å². The normalized spacial score (nSPS) is 11.6. The summed E-state index contributed by atoms with van der Waals surface area (Å²) in [5.74, 6) is -0.732. The van der Waals surface area contributed by atoms with E-state index in [-0.39, 0.29) is 18.4 Å². The van der Waals surface area contributed by atoms with Crippen LogP contribution in [0.2, 0.25) is 0 Å². The minimum absolute atomic E-state index is 0.112. The molecule has 0 spiro atoms. The van der Waals surface area contributed by atoms with E-state index in [9.17, 15) is 14.4 Å². The summed E-state index contributed by atoms with van der Waals surface area (Å²) in [5.41, 5.74) is 0.350. The van der Waals surface area contributed by atoms with Crippen LogP contribution < -0.4 is 15.4 Å². The Bertz CT molecular complexity index is 599. The Morgan fingerprint density at radius 2 is 1.79 bits per heavy atom. The summed E-state index contributed by atoms with van der Waals surface area (Å²) in [5, 5.41) is 5.26. The van der Waals surface area contributed by atoms with E-state index in [1.54, 1.807) is 38.4 Å². The molecule has 7 nitrogen and oxygen atoms in total. The fourth-order valence-corrected chi connectivity index (χ4v) is 2.02. The number of carbonyl (C=O) groups excluding carboxylic acids is 3. The van der Waals surface area contributed by atoms with Crippen molar-refractivity contribution >= 4 is 17.7 Å². The summed E-state index contributed by atoms with van der Waals surface area (Å²) in [6.45, 7) is 3.53. The van der Waals surface area contributed by atoms with Crippen molar-refractivity contribution in [2.24, 2.45) is 5.92 Å². The number of methoxy groups -OCH3 is 1. The topological polar surface area (TPSA) is 87.7 Å². The summed E-state index contributed by atoms with van der Waals surface area (Å²) >= 11 is 0. The van der Waals surface area contributed by atoms with Gasteiger partial charge in [0.2, 0.25) is 11.8 Å². The molecular formula is C17H25N3O4. The molecule has 7 heteroatoms. The summed E-state index contributed by atoms with van der Waals surface area (Å²) in [4.78, 5) is 37.7. The lowest BCUT2D eigenvalue weighted by Crippen LogP contribution is -2.51. The molecule has 0 radical (unpaired) electrons. The van der Waals surface area contributed by atoms with E-state index in [1.807, 2.05) is 13.8 Å². The smallest absolute Gasteiger partial charge is 0.255 e. The highest BCUT2D eigenvalue weighted by atomic mass is 16.5. The van der Waals surface area contributed by atoms with Crippen molar-refractivity contribution in [1.29, 1.82) is 0 Å². The maximum atomic E-state index is 12.4. The molecule has 1 aromatic carbocycles. The molecule has 0 saturated carbocycles. The Kier molecular flexibility index (Phi) is 7.23. The van der Waals surface area contributed by atoms with Crippen molar-refractivity contribution in [3.8, 4) is 5.75 Å². The minimum atomic E-state index is -0.752. The van der Waals surface area contributed by atoms with Crippen LogP contribution in [0, 0.1) is 5.92 Å². The SMILES string of the molecule is COc1ccccc1C(=O)N[C@H](C(=O)NCC(=O)N(C)C)C(C)C. The number of nitrogens with zero attached hydrogens (tertiary/aromatic N) is 1. The molecule has 0 bridgehead atoms. The molecular weight excluding hydrogens is 310 g/mol. The number of para-hydroxylation sites is 1. The van der Waals surface area contributed by atoms with E-state index in [1.165, 1.54) is 12.0 Å². The van der Waals surface area contributed by atoms with Crippen molar-refractivity contribution < 1.29 is 19.1 Å². The molecule has 0 saturated heterocycles. The van der Waals surface area contributed by atoms with Gasteiger partial charge in [0.15, 0.2) is 0 Å². The molecule has 0 heterocycles. The Labute approximate surface area is 142 Å². The van der Waals surface area contributed by atoms with Gasteiger partial charge >= 0.3 is 0 Å². The second kappa shape index (κ2) is 8.90. The highest BCUT2D eigenvalue weighted by Crippen LogP contribution is 2.17. The molecule has 0 unspecified atom stereocenters. The zero-order valence-electron chi connectivity index (χ0n) is 14.8. The van der Waals surface area contributed by atoms with Crippen molar-refractivity contribution in [3.05, 3.63) is 29.8 Å². The van der Waals surface area contributed by atoms with E-state index in [2.05, 4.69) is 10.6 Å². The van der Waals surface area contributed by atoms with Gasteiger partial charge in [-0.2, -0.15) is 0 Å². The van der Waals surface area contributed by atoms with E-state index in [0.29, 0.717) is 11.3 Å². The number of ether oxygens (including phenoxy) is 1. The number of hydrogen-bond donors (Lipinski definition) is 2. The Balaban J connectivity index is 2.80. The lowest BCUT2D eigenvalue weighted by atomic mass is 10.0. The van der Waals surface area contributed by atoms with Crippen LogP contribution in [-0.4, -0.2) is 56.4 Å². The number of rotatable bonds is 7. The largest absolute Gasteiger partial charge is 0.496 e. The van der Waals surface area contributed by atoms with Crippen molar-refractivity contribution in [1.82, 2.24) is 15.5 Å². The predicted octanol–water partition coefficient (Wildman–Crippen LogP) is 0.654. The fraction of sp³-hybridized carbons (Fsp3) is 0.471. The van der Waals surface area contributed by atoms with Crippen LogP contribution in [-0.2, 0) is 9.59 Å². The maximum Gasteiger partial charge on any atom is 0.255 e. The van der Waals surface area contributed by atoms with Crippen LogP contribution in [0.25, 0.3) is 0 Å².